The standard InChI is InChI=1S/C38H42N10O21P2S2/c1-47(35(52)18-6-3-2-5-17(18)25-19-8-10-21(39)31(72(59,60)61)28(19)67-29-20(25)9-11-22(40)32(29)73(62,63)64)14-4-7-24(49)42-12-13-43-38(53)68-30-27(50)23(15-65-71(57,58)69-70(54,55)56)66-36(30)48-16-44-26-33(48)45-37(41)46-34(26)51/h2-3,5-6,8-11,16,23,27,30,36,39,50H,4,7,12-15,40H2,1H3,(H,42,49)(H,43,53)(H,57,58)(H2,54,55,56)(H,59,60,61)(H,62,63,64)(H3,41,45,46,51)/t23-,27-,30-,36-/m1/s1. The number of anilines is 2. The number of hydrogen-bond acceptors (Lipinski definition) is 21. The lowest BCUT2D eigenvalue weighted by Gasteiger charge is -2.22. The number of aromatic nitrogens is 4. The van der Waals surface area contributed by atoms with Crippen LogP contribution in [0.15, 0.2) is 73.9 Å². The number of fused-ring (bicyclic) bond motifs is 3. The highest BCUT2D eigenvalue weighted by molar-refractivity contribution is 7.86. The number of benzene rings is 3. The molecule has 2 aliphatic heterocycles. The second-order valence-corrected chi connectivity index (χ2v) is 21.3. The Bertz CT molecular complexity index is 3600. The molecule has 7 rings (SSSR count). The number of nitrogen functional groups attached to an aromatic ring is 2. The minimum absolute atomic E-state index is 0.00318. The number of carbonyl (C=O) groups excluding carboxylic acids is 3. The number of rotatable bonds is 18. The fraction of sp³-hybridized carbons (Fsp3) is 0.289. The van der Waals surface area contributed by atoms with E-state index in [0.29, 0.717) is 0 Å². The molecular weight excluding hydrogens is 1060 g/mol. The highest BCUT2D eigenvalue weighted by Gasteiger charge is 2.49. The van der Waals surface area contributed by atoms with Crippen LogP contribution in [-0.4, -0.2) is 140 Å². The first-order valence-electron chi connectivity index (χ1n) is 20.7. The first kappa shape index (κ1) is 54.1. The molecule has 0 spiro atoms. The Kier molecular flexibility index (Phi) is 15.3. The Labute approximate surface area is 409 Å². The number of phosphoric acid groups is 2. The third-order valence-electron chi connectivity index (χ3n) is 10.8. The van der Waals surface area contributed by atoms with Crippen molar-refractivity contribution in [1.82, 2.24) is 35.1 Å². The van der Waals surface area contributed by atoms with Gasteiger partial charge in [0.25, 0.3) is 31.7 Å². The van der Waals surface area contributed by atoms with Gasteiger partial charge < -0.3 is 60.7 Å². The van der Waals surface area contributed by atoms with Gasteiger partial charge in [-0.05, 0) is 42.3 Å². The van der Waals surface area contributed by atoms with Crippen LogP contribution in [0.2, 0.25) is 0 Å². The molecule has 2 aromatic heterocycles. The summed E-state index contributed by atoms with van der Waals surface area (Å²) in [5.41, 5.74) is 9.20. The molecule has 0 radical (unpaired) electrons. The van der Waals surface area contributed by atoms with E-state index in [4.69, 9.17) is 40.6 Å². The average molecular weight is 1100 g/mol. The summed E-state index contributed by atoms with van der Waals surface area (Å²) in [7, 11) is -19.9. The Morgan fingerprint density at radius 2 is 1.66 bits per heavy atom. The molecule has 31 nitrogen and oxygen atoms in total. The van der Waals surface area contributed by atoms with Crippen molar-refractivity contribution in [1.29, 1.82) is 5.41 Å². The van der Waals surface area contributed by atoms with Gasteiger partial charge in [-0.1, -0.05) is 18.2 Å². The number of imidazole rings is 1. The van der Waals surface area contributed by atoms with Crippen LogP contribution in [0.1, 0.15) is 29.4 Å². The molecule has 35 heteroatoms. The van der Waals surface area contributed by atoms with Crippen molar-refractivity contribution in [3.63, 3.8) is 0 Å². The molecular formula is C38H42N10O21P2S2. The van der Waals surface area contributed by atoms with Gasteiger partial charge in [-0.3, -0.25) is 43.0 Å². The molecule has 1 saturated heterocycles. The SMILES string of the molecule is CN(CCCC(=O)NCCNC(=O)O[C@@H]1[C@H](O)[C@@H](COP(=O)(O)OP(=O)(O)O)O[C@H]1n1cnc2c(=O)[nH]c(N)nc21)C(=O)c1ccccc1-c1c2ccc(=N)c(S(=O)(=O)O)c-2oc2c(S(=O)(=O)O)c(N)ccc12. The summed E-state index contributed by atoms with van der Waals surface area (Å²) in [5, 5.41) is 23.4. The van der Waals surface area contributed by atoms with Gasteiger partial charge in [0.1, 0.15) is 12.2 Å². The number of H-pyrrole nitrogens is 1. The highest BCUT2D eigenvalue weighted by Crippen LogP contribution is 2.58. The van der Waals surface area contributed by atoms with Crippen molar-refractivity contribution < 1.29 is 92.0 Å². The topological polar surface area (TPSA) is 492 Å². The lowest BCUT2D eigenvalue weighted by molar-refractivity contribution is -0.121. The first-order chi connectivity index (χ1) is 34.1. The zero-order valence-corrected chi connectivity index (χ0v) is 40.6. The number of nitrogens with two attached hydrogens (primary N) is 2. The van der Waals surface area contributed by atoms with Crippen LogP contribution < -0.4 is 33.0 Å². The molecule has 4 heterocycles. The fourth-order valence-corrected chi connectivity index (χ4v) is 10.8. The summed E-state index contributed by atoms with van der Waals surface area (Å²) in [6, 6.07) is 10.6. The lowest BCUT2D eigenvalue weighted by Crippen LogP contribution is -2.41. The Hall–Kier alpha value is -6.71. The fourth-order valence-electron chi connectivity index (χ4n) is 7.75. The van der Waals surface area contributed by atoms with Gasteiger partial charge in [0.15, 0.2) is 44.6 Å². The van der Waals surface area contributed by atoms with Gasteiger partial charge in [0, 0.05) is 55.2 Å². The molecule has 1 aliphatic carbocycles. The highest BCUT2D eigenvalue weighted by atomic mass is 32.2. The van der Waals surface area contributed by atoms with Crippen LogP contribution >= 0.6 is 15.6 Å². The minimum Gasteiger partial charge on any atom is -0.453 e. The second kappa shape index (κ2) is 20.7. The largest absolute Gasteiger partial charge is 0.481 e. The van der Waals surface area contributed by atoms with Crippen molar-refractivity contribution in [3.8, 4) is 22.5 Å². The van der Waals surface area contributed by atoms with Crippen LogP contribution in [0.25, 0.3) is 44.6 Å². The molecule has 5 atom stereocenters. The number of aromatic amines is 1. The lowest BCUT2D eigenvalue weighted by atomic mass is 9.90. The predicted octanol–water partition coefficient (Wildman–Crippen LogP) is 0.0229. The maximum Gasteiger partial charge on any atom is 0.481 e. The molecule has 0 saturated carbocycles. The van der Waals surface area contributed by atoms with E-state index in [2.05, 4.69) is 34.4 Å². The van der Waals surface area contributed by atoms with E-state index in [1.807, 2.05) is 0 Å². The van der Waals surface area contributed by atoms with E-state index < -0.39 is 123 Å². The van der Waals surface area contributed by atoms with E-state index in [-0.39, 0.29) is 77.2 Å². The summed E-state index contributed by atoms with van der Waals surface area (Å²) in [5.74, 6) is -2.20. The van der Waals surface area contributed by atoms with Crippen LogP contribution in [0.5, 0.6) is 0 Å². The smallest absolute Gasteiger partial charge is 0.453 e. The van der Waals surface area contributed by atoms with Crippen molar-refractivity contribution in [2.24, 2.45) is 0 Å². The van der Waals surface area contributed by atoms with E-state index in [9.17, 15) is 64.2 Å². The van der Waals surface area contributed by atoms with Crippen LogP contribution in [0, 0.1) is 5.41 Å². The maximum absolute atomic E-state index is 14.1. The molecule has 73 heavy (non-hydrogen) atoms. The maximum atomic E-state index is 14.1. The number of carbonyl (C=O) groups is 3. The monoisotopic (exact) mass is 1100 g/mol. The Morgan fingerprint density at radius 1 is 0.973 bits per heavy atom. The Morgan fingerprint density at radius 3 is 2.34 bits per heavy atom. The number of phosphoric ester groups is 1. The van der Waals surface area contributed by atoms with Crippen molar-refractivity contribution in [2.45, 2.75) is 47.2 Å². The molecule has 392 valence electrons. The van der Waals surface area contributed by atoms with E-state index in [1.165, 1.54) is 48.3 Å². The first-order valence-corrected chi connectivity index (χ1v) is 26.6. The third-order valence-corrected chi connectivity index (χ3v) is 14.8. The number of aliphatic hydroxyl groups is 1. The average Bonchev–Trinajstić information content (AvgIpc) is 3.83. The summed E-state index contributed by atoms with van der Waals surface area (Å²) in [6.45, 7) is -1.53. The molecule has 14 N–H and O–H groups in total. The summed E-state index contributed by atoms with van der Waals surface area (Å²) < 4.78 is 120. The number of amides is 3. The van der Waals surface area contributed by atoms with Crippen LogP contribution in [0.3, 0.4) is 0 Å². The van der Waals surface area contributed by atoms with Crippen molar-refractivity contribution in [3.05, 3.63) is 76.1 Å². The summed E-state index contributed by atoms with van der Waals surface area (Å²) in [4.78, 5) is 89.3. The normalized spacial score (nSPS) is 18.2. The van der Waals surface area contributed by atoms with Crippen molar-refractivity contribution in [2.75, 3.05) is 44.8 Å². The van der Waals surface area contributed by atoms with Gasteiger partial charge in [0.05, 0.1) is 24.0 Å². The van der Waals surface area contributed by atoms with Gasteiger partial charge in [-0.25, -0.2) is 18.9 Å². The molecule has 1 unspecified atom stereocenters. The number of hydrogen-bond donors (Lipinski definition) is 12. The summed E-state index contributed by atoms with van der Waals surface area (Å²) >= 11 is 0. The number of alkyl carbamates (subject to hydrolysis) is 1. The molecule has 3 aliphatic rings. The quantitative estimate of drug-likeness (QED) is 0.0177. The van der Waals surface area contributed by atoms with Gasteiger partial charge in [-0.15, -0.1) is 0 Å². The third kappa shape index (κ3) is 11.9. The van der Waals surface area contributed by atoms with Crippen LogP contribution in [-0.2, 0) is 52.5 Å². The number of ether oxygens (including phenoxy) is 2. The number of aliphatic hydroxyl groups excluding tert-OH is 1. The molecule has 4 aromatic rings. The molecule has 1 fully saturated rings. The Balaban J connectivity index is 0.991. The summed E-state index contributed by atoms with van der Waals surface area (Å²) in [6.07, 6.45) is -7.09. The van der Waals surface area contributed by atoms with E-state index in [0.717, 1.165) is 23.0 Å². The van der Waals surface area contributed by atoms with Gasteiger partial charge in [0.2, 0.25) is 11.9 Å². The predicted molar refractivity (Wildman–Crippen MR) is 247 cm³/mol. The molecule has 2 aromatic carbocycles. The van der Waals surface area contributed by atoms with Gasteiger partial charge in [-0.2, -0.15) is 26.1 Å². The van der Waals surface area contributed by atoms with Crippen LogP contribution in [0.4, 0.5) is 16.4 Å². The number of nitrogens with one attached hydrogen (secondary N) is 4. The molecule has 0 bridgehead atoms. The zero-order valence-electron chi connectivity index (χ0n) is 37.2. The zero-order chi connectivity index (χ0) is 53.5. The molecule has 3 amide bonds. The van der Waals surface area contributed by atoms with Gasteiger partial charge >= 0.3 is 21.7 Å². The van der Waals surface area contributed by atoms with Crippen molar-refractivity contribution >= 4 is 87.6 Å². The second-order valence-electron chi connectivity index (χ2n) is 15.8. The number of nitrogens with zero attached hydrogens (tertiary/aromatic N) is 4. The van der Waals surface area contributed by atoms with E-state index >= 15 is 0 Å². The van der Waals surface area contributed by atoms with E-state index in [1.54, 1.807) is 0 Å². The minimum atomic E-state index is -5.53.